The number of benzene rings is 2. The van der Waals surface area contributed by atoms with E-state index >= 15 is 0 Å². The fraction of sp³-hybridized carbons (Fsp3) is 0.379. The molecule has 2 unspecified atom stereocenters. The highest BCUT2D eigenvalue weighted by molar-refractivity contribution is 7.10. The van der Waals surface area contributed by atoms with Crippen molar-refractivity contribution in [1.82, 2.24) is 14.7 Å². The van der Waals surface area contributed by atoms with Gasteiger partial charge in [0.25, 0.3) is 5.91 Å². The Morgan fingerprint density at radius 3 is 2.46 bits per heavy atom. The highest BCUT2D eigenvalue weighted by atomic mass is 32.1. The van der Waals surface area contributed by atoms with Crippen LogP contribution in [0.2, 0.25) is 0 Å². The molecule has 204 valence electrons. The van der Waals surface area contributed by atoms with Crippen LogP contribution < -0.4 is 18.9 Å². The van der Waals surface area contributed by atoms with Crippen LogP contribution in [0, 0.1) is 0 Å². The zero-order chi connectivity index (χ0) is 27.1. The standard InChI is InChI=1S/C29H31N3O6S/c1-30-27(25-5-4-12-39-25)26(19-14-22(35-2)23(36-3)15-20(19)28(30)33)29(34)32-10-8-31(9-11-32)16-18-6-7-21-24(13-18)38-17-37-21/h4-7,12-15,26-27H,8-11,16-17H2,1-3H3. The lowest BCUT2D eigenvalue weighted by Gasteiger charge is -2.43. The second kappa shape index (κ2) is 10.4. The highest BCUT2D eigenvalue weighted by Gasteiger charge is 2.45. The average molecular weight is 550 g/mol. The molecule has 0 aliphatic carbocycles. The summed E-state index contributed by atoms with van der Waals surface area (Å²) in [7, 11) is 4.88. The van der Waals surface area contributed by atoms with Crippen molar-refractivity contribution in [2.24, 2.45) is 0 Å². The summed E-state index contributed by atoms with van der Waals surface area (Å²) in [6.45, 7) is 3.76. The van der Waals surface area contributed by atoms with Crippen LogP contribution in [0.25, 0.3) is 0 Å². The van der Waals surface area contributed by atoms with Gasteiger partial charge in [-0.25, -0.2) is 0 Å². The number of fused-ring (bicyclic) bond motifs is 2. The molecule has 3 aliphatic rings. The number of methoxy groups -OCH3 is 2. The zero-order valence-electron chi connectivity index (χ0n) is 22.2. The number of thiophene rings is 1. The summed E-state index contributed by atoms with van der Waals surface area (Å²) in [5, 5.41) is 1.98. The monoisotopic (exact) mass is 549 g/mol. The van der Waals surface area contributed by atoms with E-state index in [0.29, 0.717) is 35.7 Å². The Labute approximate surface area is 231 Å². The molecule has 3 aromatic rings. The minimum atomic E-state index is -0.554. The Bertz CT molecular complexity index is 1390. The lowest BCUT2D eigenvalue weighted by Crippen LogP contribution is -2.52. The van der Waals surface area contributed by atoms with Gasteiger partial charge in [-0.2, -0.15) is 0 Å². The van der Waals surface area contributed by atoms with E-state index in [1.807, 2.05) is 34.5 Å². The molecule has 0 radical (unpaired) electrons. The first-order chi connectivity index (χ1) is 19.0. The smallest absolute Gasteiger partial charge is 0.254 e. The van der Waals surface area contributed by atoms with Crippen LogP contribution in [0.4, 0.5) is 0 Å². The van der Waals surface area contributed by atoms with Crippen LogP contribution in [0.3, 0.4) is 0 Å². The normalized spacial score (nSPS) is 20.6. The van der Waals surface area contributed by atoms with Crippen molar-refractivity contribution in [2.75, 3.05) is 54.2 Å². The van der Waals surface area contributed by atoms with E-state index < -0.39 is 12.0 Å². The molecule has 2 amide bonds. The van der Waals surface area contributed by atoms with Gasteiger partial charge in [0, 0.05) is 50.2 Å². The van der Waals surface area contributed by atoms with E-state index in [1.165, 1.54) is 0 Å². The van der Waals surface area contributed by atoms with Gasteiger partial charge >= 0.3 is 0 Å². The number of hydrogen-bond donors (Lipinski definition) is 0. The number of carbonyl (C=O) groups is 2. The molecule has 1 aromatic heterocycles. The minimum absolute atomic E-state index is 0.0175. The molecule has 4 heterocycles. The van der Waals surface area contributed by atoms with E-state index in [4.69, 9.17) is 18.9 Å². The summed E-state index contributed by atoms with van der Waals surface area (Å²) in [5.41, 5.74) is 2.31. The predicted octanol–water partition coefficient (Wildman–Crippen LogP) is 3.75. The Morgan fingerprint density at radius 2 is 1.74 bits per heavy atom. The molecule has 0 N–H and O–H groups in total. The maximum Gasteiger partial charge on any atom is 0.254 e. The second-order valence-electron chi connectivity index (χ2n) is 9.94. The summed E-state index contributed by atoms with van der Waals surface area (Å²) in [6, 6.07) is 13.1. The van der Waals surface area contributed by atoms with E-state index in [2.05, 4.69) is 11.0 Å². The Balaban J connectivity index is 1.26. The zero-order valence-corrected chi connectivity index (χ0v) is 23.0. The van der Waals surface area contributed by atoms with Crippen molar-refractivity contribution in [3.05, 3.63) is 69.4 Å². The number of likely N-dealkylation sites (N-methyl/N-ethyl adjacent to an activating group) is 1. The van der Waals surface area contributed by atoms with Gasteiger partial charge in [-0.1, -0.05) is 12.1 Å². The van der Waals surface area contributed by atoms with Gasteiger partial charge in [0.2, 0.25) is 12.7 Å². The molecule has 1 saturated heterocycles. The van der Waals surface area contributed by atoms with Gasteiger partial charge in [0.05, 0.1) is 26.2 Å². The van der Waals surface area contributed by atoms with Crippen molar-refractivity contribution in [3.8, 4) is 23.0 Å². The molecule has 2 atom stereocenters. The van der Waals surface area contributed by atoms with E-state index in [1.54, 1.807) is 49.6 Å². The maximum absolute atomic E-state index is 14.3. The van der Waals surface area contributed by atoms with Crippen molar-refractivity contribution in [2.45, 2.75) is 18.5 Å². The Kier molecular flexibility index (Phi) is 6.82. The fourth-order valence-corrected chi connectivity index (χ4v) is 6.66. The van der Waals surface area contributed by atoms with Crippen LogP contribution >= 0.6 is 11.3 Å². The van der Waals surface area contributed by atoms with Crippen LogP contribution in [0.1, 0.15) is 38.3 Å². The van der Waals surface area contributed by atoms with Crippen LogP contribution in [0.5, 0.6) is 23.0 Å². The molecule has 6 rings (SSSR count). The quantitative estimate of drug-likeness (QED) is 0.463. The number of amides is 2. The number of ether oxygens (including phenoxy) is 4. The molecule has 0 bridgehead atoms. The Hall–Kier alpha value is -3.76. The predicted molar refractivity (Wildman–Crippen MR) is 146 cm³/mol. The lowest BCUT2D eigenvalue weighted by molar-refractivity contribution is -0.136. The number of hydrogen-bond acceptors (Lipinski definition) is 8. The van der Waals surface area contributed by atoms with Crippen LogP contribution in [-0.4, -0.2) is 80.8 Å². The molecular formula is C29H31N3O6S. The average Bonchev–Trinajstić information content (AvgIpc) is 3.66. The van der Waals surface area contributed by atoms with Crippen molar-refractivity contribution >= 4 is 23.2 Å². The summed E-state index contributed by atoms with van der Waals surface area (Å²) < 4.78 is 22.0. The lowest BCUT2D eigenvalue weighted by atomic mass is 9.81. The third-order valence-electron chi connectivity index (χ3n) is 7.80. The molecule has 0 saturated carbocycles. The van der Waals surface area contributed by atoms with Gasteiger partial charge in [-0.15, -0.1) is 11.3 Å². The highest BCUT2D eigenvalue weighted by Crippen LogP contribution is 2.47. The Morgan fingerprint density at radius 1 is 1.00 bits per heavy atom. The third-order valence-corrected chi connectivity index (χ3v) is 8.75. The molecule has 39 heavy (non-hydrogen) atoms. The van der Waals surface area contributed by atoms with E-state index in [0.717, 1.165) is 41.6 Å². The van der Waals surface area contributed by atoms with Crippen LogP contribution in [0.15, 0.2) is 47.8 Å². The van der Waals surface area contributed by atoms with Gasteiger partial charge in [-0.3, -0.25) is 14.5 Å². The number of nitrogens with zero attached hydrogens (tertiary/aromatic N) is 3. The topological polar surface area (TPSA) is 80.8 Å². The molecule has 3 aliphatic heterocycles. The fourth-order valence-electron chi connectivity index (χ4n) is 5.75. The van der Waals surface area contributed by atoms with Gasteiger partial charge in [0.15, 0.2) is 23.0 Å². The first kappa shape index (κ1) is 25.5. The van der Waals surface area contributed by atoms with E-state index in [9.17, 15) is 9.59 Å². The first-order valence-electron chi connectivity index (χ1n) is 12.9. The maximum atomic E-state index is 14.3. The van der Waals surface area contributed by atoms with Gasteiger partial charge < -0.3 is 28.7 Å². The second-order valence-corrected chi connectivity index (χ2v) is 10.9. The van der Waals surface area contributed by atoms with Gasteiger partial charge in [0.1, 0.15) is 0 Å². The molecule has 10 heteroatoms. The number of rotatable bonds is 6. The SMILES string of the molecule is COc1cc2c(cc1OC)C(C(=O)N1CCN(Cc3ccc4c(c3)OCO4)CC1)C(c1cccs1)N(C)C2=O. The molecule has 9 nitrogen and oxygen atoms in total. The minimum Gasteiger partial charge on any atom is -0.493 e. The molecule has 2 aromatic carbocycles. The summed E-state index contributed by atoms with van der Waals surface area (Å²) >= 11 is 1.56. The van der Waals surface area contributed by atoms with Crippen molar-refractivity contribution in [1.29, 1.82) is 0 Å². The van der Waals surface area contributed by atoms with Crippen LogP contribution in [-0.2, 0) is 11.3 Å². The van der Waals surface area contributed by atoms with Crippen molar-refractivity contribution < 1.29 is 28.5 Å². The number of piperazine rings is 1. The molecule has 0 spiro atoms. The first-order valence-corrected chi connectivity index (χ1v) is 13.8. The third kappa shape index (κ3) is 4.57. The van der Waals surface area contributed by atoms with Crippen molar-refractivity contribution in [3.63, 3.8) is 0 Å². The largest absolute Gasteiger partial charge is 0.493 e. The summed E-state index contributed by atoms with van der Waals surface area (Å²) in [4.78, 5) is 34.8. The van der Waals surface area contributed by atoms with Gasteiger partial charge in [-0.05, 0) is 46.8 Å². The molecular weight excluding hydrogens is 518 g/mol. The summed E-state index contributed by atoms with van der Waals surface area (Å²) in [5.74, 6) is 1.86. The summed E-state index contributed by atoms with van der Waals surface area (Å²) in [6.07, 6.45) is 0. The molecule has 1 fully saturated rings. The number of carbonyl (C=O) groups excluding carboxylic acids is 2. The van der Waals surface area contributed by atoms with E-state index in [-0.39, 0.29) is 18.6 Å².